The zero-order valence-electron chi connectivity index (χ0n) is 78.5. The van der Waals surface area contributed by atoms with E-state index in [-0.39, 0.29) is 28.7 Å². The summed E-state index contributed by atoms with van der Waals surface area (Å²) in [5.41, 5.74) is 11.1. The summed E-state index contributed by atoms with van der Waals surface area (Å²) in [4.78, 5) is 64.4. The Morgan fingerprint density at radius 1 is 0.386 bits per heavy atom. The summed E-state index contributed by atoms with van der Waals surface area (Å²) in [6.45, 7) is 8.61. The van der Waals surface area contributed by atoms with E-state index in [0.717, 1.165) is 91.0 Å². The molecule has 17 aromatic rings. The molecular weight excluding hydrogens is 1950 g/mol. The Labute approximate surface area is 820 Å². The molecule has 18 rings (SSSR count). The number of esters is 3. The lowest BCUT2D eigenvalue weighted by atomic mass is 10.1. The second-order valence-electron chi connectivity index (χ2n) is 32.3. The Kier molecular flexibility index (Phi) is 37.5. The van der Waals surface area contributed by atoms with E-state index < -0.39 is 140 Å². The number of benzene rings is 10. The quantitative estimate of drug-likeness (QED) is 0.0121. The van der Waals surface area contributed by atoms with Crippen LogP contribution in [0, 0.1) is 40.4 Å². The number of methoxy groups -OCH3 is 1. The van der Waals surface area contributed by atoms with Crippen LogP contribution in [0.3, 0.4) is 0 Å². The van der Waals surface area contributed by atoms with E-state index in [1.54, 1.807) is 93.9 Å². The van der Waals surface area contributed by atoms with Crippen LogP contribution in [0.15, 0.2) is 248 Å². The fourth-order valence-electron chi connectivity index (χ4n) is 14.5. The summed E-state index contributed by atoms with van der Waals surface area (Å²) >= 11 is 0. The van der Waals surface area contributed by atoms with Gasteiger partial charge < -0.3 is 55.7 Å². The van der Waals surface area contributed by atoms with Crippen molar-refractivity contribution in [2.75, 3.05) is 55.7 Å². The molecule has 0 spiro atoms. The zero-order chi connectivity index (χ0) is 101. The predicted molar refractivity (Wildman–Crippen MR) is 531 cm³/mol. The predicted octanol–water partition coefficient (Wildman–Crippen LogP) is 15.9. The first-order valence-electron chi connectivity index (χ1n) is 43.7. The number of nitrogens with zero attached hydrogens (tertiary/aromatic N) is 15. The van der Waals surface area contributed by atoms with Crippen molar-refractivity contribution >= 4 is 182 Å². The van der Waals surface area contributed by atoms with Gasteiger partial charge >= 0.3 is 17.9 Å². The number of para-hydroxylation sites is 14. The van der Waals surface area contributed by atoms with Gasteiger partial charge in [0.1, 0.15) is 55.3 Å². The maximum Gasteiger partial charge on any atom is 0.319 e. The van der Waals surface area contributed by atoms with E-state index in [2.05, 4.69) is 70.0 Å². The SMILES string of the molecule is CCOC(=O)C[S@](=O)c1nc2ccccc2n1C.COC(=O)C[S@](=O)c1nc2ccccc2n1C.Cn1c([S@@](=O)CC(=O)OC(C)(C)C)nc2ccccc21.Cn1c([S@@](=O)CCC2OCCO2)nc2ccccc21.Cn1c([S@@](=O)CCCCCC#N)nc2ccccc21.Cn1c([S@@](=O)Cc2c(F)c(F)c(F)c(F)c2F)nc2ccccc21.Cn1c([S@@](=O)Cc2ccc3ccccc3c2)nc2ccccc21. The van der Waals surface area contributed by atoms with Crippen LogP contribution in [-0.4, -0.2) is 182 Å². The van der Waals surface area contributed by atoms with Gasteiger partial charge in [-0.3, -0.25) is 43.8 Å². The van der Waals surface area contributed by atoms with Gasteiger partial charge in [-0.05, 0) is 142 Å². The maximum atomic E-state index is 13.7. The molecule has 140 heavy (non-hydrogen) atoms. The highest BCUT2D eigenvalue weighted by atomic mass is 32.2. The minimum absolute atomic E-state index is 0.0276. The van der Waals surface area contributed by atoms with Crippen molar-refractivity contribution in [2.45, 2.75) is 119 Å². The highest BCUT2D eigenvalue weighted by Crippen LogP contribution is 2.30. The first-order valence-corrected chi connectivity index (χ1v) is 52.9. The van der Waals surface area contributed by atoms with E-state index in [1.165, 1.54) is 22.4 Å². The second-order valence-corrected chi connectivity index (χ2v) is 41.9. The highest BCUT2D eigenvalue weighted by Gasteiger charge is 2.30. The van der Waals surface area contributed by atoms with Crippen molar-refractivity contribution < 1.29 is 89.5 Å². The lowest BCUT2D eigenvalue weighted by molar-refractivity contribution is -0.151. The minimum Gasteiger partial charge on any atom is -0.468 e. The maximum absolute atomic E-state index is 13.7. The molecule has 30 nitrogen and oxygen atoms in total. The standard InChI is InChI=1S/C19H16N2OS.C15H9F5N2OS.C14H17N3OS.C14H18N2O3S.C13H16N2O3S.C12H14N2O3S.C11H12N2O3S/c1-21-18-9-5-4-8-17(18)20-19(21)23(22)13-14-10-11-15-6-2-3-7-16(15)12-14;1-22-9-5-3-2-4-8(9)21-15(22)24(23)6-7-10(16)12(18)14(20)13(19)11(7)17;1-17-13-9-5-4-8-12(13)16-14(17)19(18)11-7-3-2-6-10-15;1-14(2,3)19-12(17)9-20(18)13-15-10-7-5-6-8-11(10)16(13)4;1-15-11-5-3-2-4-10(11)14-13(15)19(16)9-6-12-17-7-8-18-12;1-3-17-11(15)8-18(16)12-13-9-6-4-5-7-10(9)14(12)2;1-13-9-6-4-3-5-8(9)12-11(13)17(15)7-10(14)16-2/h2-12H,13H2,1H3;2-5H,6H2,1H3;4-5,8-9H,2-3,6-7,11H2,1H3;5-8H,9H2,1-4H3;2-5,12H,6-9H2,1H3;4-7H,3,8H2,1-2H3;3-6H,7H2,1-2H3/t23-;24-;19-;20-;19-;18-;17-/m0000000/s1. The number of carbonyl (C=O) groups is 3. The second kappa shape index (κ2) is 49.4. The summed E-state index contributed by atoms with van der Waals surface area (Å²) in [5.74, 6) is -11.6. The van der Waals surface area contributed by atoms with Gasteiger partial charge in [0, 0.05) is 79.2 Å². The number of imidazole rings is 7. The number of carbonyl (C=O) groups excluding carboxylic acids is 3. The summed E-state index contributed by atoms with van der Waals surface area (Å²) < 4.78 is 190. The molecule has 7 aromatic heterocycles. The number of aromatic nitrogens is 14. The molecule has 1 fully saturated rings. The van der Waals surface area contributed by atoms with E-state index in [0.29, 0.717) is 91.9 Å². The Bertz CT molecular complexity index is 7560. The number of hydrogen-bond acceptors (Lipinski definition) is 23. The molecular formula is C98H102F5N15O15S7. The average Bonchev–Trinajstić information content (AvgIpc) is 1.48. The van der Waals surface area contributed by atoms with Crippen molar-refractivity contribution in [3.05, 3.63) is 253 Å². The molecule has 0 radical (unpaired) electrons. The van der Waals surface area contributed by atoms with Crippen molar-refractivity contribution in [1.29, 1.82) is 5.26 Å². The number of aryl methyl sites for hydroxylation is 7. The van der Waals surface area contributed by atoms with E-state index in [9.17, 15) is 65.8 Å². The Morgan fingerprint density at radius 2 is 0.693 bits per heavy atom. The van der Waals surface area contributed by atoms with Crippen LogP contribution in [0.2, 0.25) is 0 Å². The molecule has 736 valence electrons. The lowest BCUT2D eigenvalue weighted by Gasteiger charge is -2.19. The van der Waals surface area contributed by atoms with E-state index in [4.69, 9.17) is 24.2 Å². The number of unbranched alkanes of at least 4 members (excludes halogenated alkanes) is 3. The Hall–Kier alpha value is -12.7. The van der Waals surface area contributed by atoms with Gasteiger partial charge in [-0.25, -0.2) is 56.8 Å². The fraction of sp³-hybridized carbons (Fsp3) is 0.296. The lowest BCUT2D eigenvalue weighted by Crippen LogP contribution is -2.27. The smallest absolute Gasteiger partial charge is 0.319 e. The van der Waals surface area contributed by atoms with E-state index >= 15 is 0 Å². The molecule has 10 aromatic carbocycles. The van der Waals surface area contributed by atoms with Crippen LogP contribution >= 0.6 is 0 Å². The molecule has 8 heterocycles. The third-order valence-corrected chi connectivity index (χ3v) is 30.7. The average molecular weight is 2050 g/mol. The summed E-state index contributed by atoms with van der Waals surface area (Å²) in [6.07, 6.45) is 3.71. The van der Waals surface area contributed by atoms with Gasteiger partial charge in [-0.15, -0.1) is 0 Å². The molecule has 0 saturated carbocycles. The van der Waals surface area contributed by atoms with Gasteiger partial charge in [0.05, 0.1) is 165 Å². The number of hydrogen-bond donors (Lipinski definition) is 0. The van der Waals surface area contributed by atoms with Crippen LogP contribution in [-0.2, 0) is 175 Å². The molecule has 0 N–H and O–H groups in total. The molecule has 0 amide bonds. The molecule has 0 bridgehead atoms. The number of ether oxygens (including phenoxy) is 5. The first-order chi connectivity index (χ1) is 67.1. The third kappa shape index (κ3) is 26.7. The van der Waals surface area contributed by atoms with Gasteiger partial charge in [0.25, 0.3) is 0 Å². The third-order valence-electron chi connectivity index (χ3n) is 21.4. The number of nitriles is 1. The van der Waals surface area contributed by atoms with Crippen LogP contribution in [0.25, 0.3) is 88.0 Å². The topological polar surface area (TPSA) is 365 Å². The summed E-state index contributed by atoms with van der Waals surface area (Å²) in [7, 11) is 3.93. The number of fused-ring (bicyclic) bond motifs is 8. The molecule has 7 atom stereocenters. The van der Waals surface area contributed by atoms with Crippen molar-refractivity contribution in [3.63, 3.8) is 0 Å². The van der Waals surface area contributed by atoms with E-state index in [1.807, 2.05) is 199 Å². The number of halogens is 5. The van der Waals surface area contributed by atoms with Crippen LogP contribution in [0.4, 0.5) is 22.0 Å². The fourth-order valence-corrected chi connectivity index (χ4v) is 22.5. The Balaban J connectivity index is 0.000000147. The molecule has 1 aliphatic rings. The zero-order valence-corrected chi connectivity index (χ0v) is 84.2. The summed E-state index contributed by atoms with van der Waals surface area (Å²) in [5, 5.41) is 13.8. The van der Waals surface area contributed by atoms with Gasteiger partial charge in [0.2, 0.25) is 5.82 Å². The largest absolute Gasteiger partial charge is 0.468 e. The monoisotopic (exact) mass is 2050 g/mol. The highest BCUT2D eigenvalue weighted by molar-refractivity contribution is 7.86. The molecule has 1 saturated heterocycles. The van der Waals surface area contributed by atoms with Crippen molar-refractivity contribution in [3.8, 4) is 6.07 Å². The van der Waals surface area contributed by atoms with Gasteiger partial charge in [0.15, 0.2) is 65.7 Å². The van der Waals surface area contributed by atoms with Gasteiger partial charge in [-0.1, -0.05) is 134 Å². The molecule has 1 aliphatic heterocycles. The van der Waals surface area contributed by atoms with Crippen molar-refractivity contribution in [2.24, 2.45) is 49.3 Å². The van der Waals surface area contributed by atoms with Crippen molar-refractivity contribution in [1.82, 2.24) is 66.9 Å². The normalized spacial score (nSPS) is 13.5. The van der Waals surface area contributed by atoms with Crippen LogP contribution in [0.5, 0.6) is 0 Å². The van der Waals surface area contributed by atoms with Crippen LogP contribution in [0.1, 0.15) is 70.9 Å². The molecule has 0 unspecified atom stereocenters. The van der Waals surface area contributed by atoms with Crippen LogP contribution < -0.4 is 0 Å². The molecule has 0 aliphatic carbocycles. The Morgan fingerprint density at radius 3 is 1.04 bits per heavy atom. The van der Waals surface area contributed by atoms with Gasteiger partial charge in [-0.2, -0.15) is 5.26 Å². The molecule has 42 heteroatoms. The first kappa shape index (κ1) is 106. The minimum atomic E-state index is -2.25. The number of rotatable bonds is 26. The summed E-state index contributed by atoms with van der Waals surface area (Å²) in [6, 6.07) is 69.3.